The Morgan fingerprint density at radius 3 is 2.21 bits per heavy atom. The fraction of sp³-hybridized carbons (Fsp3) is 0.625. The van der Waals surface area contributed by atoms with E-state index in [0.717, 1.165) is 11.5 Å². The van der Waals surface area contributed by atoms with Crippen molar-refractivity contribution in [3.63, 3.8) is 0 Å². The van der Waals surface area contributed by atoms with Gasteiger partial charge in [0.05, 0.1) is 14.2 Å². The number of methoxy groups -OCH3 is 2. The van der Waals surface area contributed by atoms with Crippen molar-refractivity contribution in [1.29, 1.82) is 0 Å². The van der Waals surface area contributed by atoms with Crippen molar-refractivity contribution in [3.05, 3.63) is 23.3 Å². The SMILES string of the molecule is CCCC(C)C(NC)c1cc(OC)c(OC)cc1C. The second-order valence-corrected chi connectivity index (χ2v) is 5.10. The summed E-state index contributed by atoms with van der Waals surface area (Å²) >= 11 is 0. The van der Waals surface area contributed by atoms with Gasteiger partial charge in [-0.1, -0.05) is 20.3 Å². The van der Waals surface area contributed by atoms with Crippen molar-refractivity contribution in [2.75, 3.05) is 21.3 Å². The van der Waals surface area contributed by atoms with Crippen LogP contribution >= 0.6 is 0 Å². The largest absolute Gasteiger partial charge is 0.493 e. The van der Waals surface area contributed by atoms with Crippen LogP contribution in [0.2, 0.25) is 0 Å². The third-order valence-electron chi connectivity index (χ3n) is 3.73. The van der Waals surface area contributed by atoms with Crippen molar-refractivity contribution < 1.29 is 9.47 Å². The Bertz CT molecular complexity index is 404. The molecule has 2 atom stereocenters. The maximum atomic E-state index is 5.41. The van der Waals surface area contributed by atoms with E-state index in [2.05, 4.69) is 38.2 Å². The molecule has 19 heavy (non-hydrogen) atoms. The highest BCUT2D eigenvalue weighted by atomic mass is 16.5. The average molecular weight is 265 g/mol. The summed E-state index contributed by atoms with van der Waals surface area (Å²) in [6, 6.07) is 4.50. The summed E-state index contributed by atoms with van der Waals surface area (Å²) in [5, 5.41) is 3.44. The molecule has 3 heteroatoms. The summed E-state index contributed by atoms with van der Waals surface area (Å²) in [7, 11) is 5.38. The number of benzene rings is 1. The lowest BCUT2D eigenvalue weighted by atomic mass is 9.88. The molecule has 1 N–H and O–H groups in total. The van der Waals surface area contributed by atoms with E-state index in [0.29, 0.717) is 12.0 Å². The van der Waals surface area contributed by atoms with Crippen molar-refractivity contribution >= 4 is 0 Å². The van der Waals surface area contributed by atoms with Crippen LogP contribution in [0.5, 0.6) is 11.5 Å². The predicted molar refractivity (Wildman–Crippen MR) is 80.2 cm³/mol. The van der Waals surface area contributed by atoms with Crippen LogP contribution in [0.3, 0.4) is 0 Å². The number of hydrogen-bond acceptors (Lipinski definition) is 3. The molecule has 3 nitrogen and oxygen atoms in total. The average Bonchev–Trinajstić information content (AvgIpc) is 2.41. The molecule has 0 radical (unpaired) electrons. The molecular formula is C16H27NO2. The highest BCUT2D eigenvalue weighted by Crippen LogP contribution is 2.35. The van der Waals surface area contributed by atoms with Gasteiger partial charge in [0.2, 0.25) is 0 Å². The first-order chi connectivity index (χ1) is 9.08. The molecule has 0 saturated heterocycles. The number of nitrogens with one attached hydrogen (secondary N) is 1. The van der Waals surface area contributed by atoms with Crippen LogP contribution in [-0.2, 0) is 0 Å². The van der Waals surface area contributed by atoms with Gasteiger partial charge >= 0.3 is 0 Å². The molecule has 1 aromatic rings. The normalized spacial score (nSPS) is 14.0. The van der Waals surface area contributed by atoms with Gasteiger partial charge in [0.25, 0.3) is 0 Å². The Morgan fingerprint density at radius 2 is 1.74 bits per heavy atom. The second-order valence-electron chi connectivity index (χ2n) is 5.10. The van der Waals surface area contributed by atoms with Gasteiger partial charge < -0.3 is 14.8 Å². The zero-order chi connectivity index (χ0) is 14.4. The third-order valence-corrected chi connectivity index (χ3v) is 3.73. The van der Waals surface area contributed by atoms with Crippen LogP contribution in [0.4, 0.5) is 0 Å². The Morgan fingerprint density at radius 1 is 1.16 bits per heavy atom. The Labute approximate surface area is 117 Å². The van der Waals surface area contributed by atoms with Crippen LogP contribution in [0.15, 0.2) is 12.1 Å². The van der Waals surface area contributed by atoms with E-state index in [4.69, 9.17) is 9.47 Å². The molecule has 2 unspecified atom stereocenters. The molecule has 0 aliphatic heterocycles. The minimum Gasteiger partial charge on any atom is -0.493 e. The van der Waals surface area contributed by atoms with Crippen LogP contribution in [0, 0.1) is 12.8 Å². The maximum Gasteiger partial charge on any atom is 0.161 e. The fourth-order valence-corrected chi connectivity index (χ4v) is 2.70. The molecule has 0 aliphatic carbocycles. The lowest BCUT2D eigenvalue weighted by Crippen LogP contribution is -2.24. The van der Waals surface area contributed by atoms with Gasteiger partial charge in [-0.05, 0) is 49.6 Å². The number of ether oxygens (including phenoxy) is 2. The fourth-order valence-electron chi connectivity index (χ4n) is 2.70. The molecule has 1 aromatic carbocycles. The lowest BCUT2D eigenvalue weighted by Gasteiger charge is -2.26. The molecule has 0 aliphatic rings. The van der Waals surface area contributed by atoms with E-state index < -0.39 is 0 Å². The molecule has 0 aromatic heterocycles. The summed E-state index contributed by atoms with van der Waals surface area (Å²) in [5.41, 5.74) is 2.53. The monoisotopic (exact) mass is 265 g/mol. The second kappa shape index (κ2) is 7.39. The highest BCUT2D eigenvalue weighted by Gasteiger charge is 2.20. The quantitative estimate of drug-likeness (QED) is 0.815. The van der Waals surface area contributed by atoms with Crippen LogP contribution in [0.25, 0.3) is 0 Å². The van der Waals surface area contributed by atoms with Gasteiger partial charge in [-0.3, -0.25) is 0 Å². The smallest absolute Gasteiger partial charge is 0.161 e. The topological polar surface area (TPSA) is 30.5 Å². The van der Waals surface area contributed by atoms with Crippen LogP contribution in [0.1, 0.15) is 43.9 Å². The molecular weight excluding hydrogens is 238 g/mol. The molecule has 0 amide bonds. The summed E-state index contributed by atoms with van der Waals surface area (Å²) in [6.45, 7) is 6.64. The molecule has 0 heterocycles. The first-order valence-corrected chi connectivity index (χ1v) is 6.98. The van der Waals surface area contributed by atoms with Crippen LogP contribution in [-0.4, -0.2) is 21.3 Å². The summed E-state index contributed by atoms with van der Waals surface area (Å²) in [5.74, 6) is 2.18. The Balaban J connectivity index is 3.16. The summed E-state index contributed by atoms with van der Waals surface area (Å²) in [6.07, 6.45) is 2.41. The minimum absolute atomic E-state index is 0.347. The first-order valence-electron chi connectivity index (χ1n) is 6.98. The van der Waals surface area contributed by atoms with E-state index in [9.17, 15) is 0 Å². The van der Waals surface area contributed by atoms with Gasteiger partial charge in [0, 0.05) is 6.04 Å². The van der Waals surface area contributed by atoms with E-state index in [1.807, 2.05) is 7.05 Å². The molecule has 1 rings (SSSR count). The maximum absolute atomic E-state index is 5.41. The van der Waals surface area contributed by atoms with E-state index in [1.165, 1.54) is 24.0 Å². The van der Waals surface area contributed by atoms with Crippen molar-refractivity contribution in [3.8, 4) is 11.5 Å². The third kappa shape index (κ3) is 3.63. The molecule has 0 spiro atoms. The van der Waals surface area contributed by atoms with Gasteiger partial charge in [0.1, 0.15) is 0 Å². The molecule has 0 fully saturated rings. The molecule has 0 bridgehead atoms. The Kier molecular flexibility index (Phi) is 6.16. The minimum atomic E-state index is 0.347. The van der Waals surface area contributed by atoms with Crippen molar-refractivity contribution in [2.24, 2.45) is 5.92 Å². The summed E-state index contributed by atoms with van der Waals surface area (Å²) in [4.78, 5) is 0. The van der Waals surface area contributed by atoms with Gasteiger partial charge in [-0.2, -0.15) is 0 Å². The zero-order valence-corrected chi connectivity index (χ0v) is 13.0. The van der Waals surface area contributed by atoms with Crippen molar-refractivity contribution in [1.82, 2.24) is 5.32 Å². The molecule has 0 saturated carbocycles. The van der Waals surface area contributed by atoms with Crippen molar-refractivity contribution in [2.45, 2.75) is 39.7 Å². The zero-order valence-electron chi connectivity index (χ0n) is 13.0. The standard InChI is InChI=1S/C16H27NO2/c1-7-8-11(2)16(17-4)13-10-15(19-6)14(18-5)9-12(13)3/h9-11,16-17H,7-8H2,1-6H3. The first kappa shape index (κ1) is 15.8. The van der Waals surface area contributed by atoms with Gasteiger partial charge in [-0.15, -0.1) is 0 Å². The molecule has 108 valence electrons. The Hall–Kier alpha value is -1.22. The van der Waals surface area contributed by atoms with E-state index >= 15 is 0 Å². The predicted octanol–water partition coefficient (Wildman–Crippen LogP) is 3.71. The summed E-state index contributed by atoms with van der Waals surface area (Å²) < 4.78 is 10.8. The van der Waals surface area contributed by atoms with E-state index in [-0.39, 0.29) is 0 Å². The number of aryl methyl sites for hydroxylation is 1. The number of hydrogen-bond donors (Lipinski definition) is 1. The number of rotatable bonds is 7. The van der Waals surface area contributed by atoms with Crippen LogP contribution < -0.4 is 14.8 Å². The lowest BCUT2D eigenvalue weighted by molar-refractivity contribution is 0.349. The van der Waals surface area contributed by atoms with E-state index in [1.54, 1.807) is 14.2 Å². The van der Waals surface area contributed by atoms with Gasteiger partial charge in [0.15, 0.2) is 11.5 Å². The highest BCUT2D eigenvalue weighted by molar-refractivity contribution is 5.48. The van der Waals surface area contributed by atoms with Gasteiger partial charge in [-0.25, -0.2) is 0 Å².